The van der Waals surface area contributed by atoms with Crippen LogP contribution < -0.4 is 0 Å². The van der Waals surface area contributed by atoms with Crippen molar-refractivity contribution in [1.29, 1.82) is 0 Å². The van der Waals surface area contributed by atoms with E-state index in [1.54, 1.807) is 24.4 Å². The van der Waals surface area contributed by atoms with Crippen LogP contribution in [0.25, 0.3) is 11.1 Å². The van der Waals surface area contributed by atoms with E-state index >= 15 is 0 Å². The molecule has 0 aromatic carbocycles. The molecule has 2 aromatic rings. The van der Waals surface area contributed by atoms with Gasteiger partial charge in [0.15, 0.2) is 0 Å². The van der Waals surface area contributed by atoms with Crippen LogP contribution in [0.4, 0.5) is 4.39 Å². The number of halogens is 3. The van der Waals surface area contributed by atoms with Crippen molar-refractivity contribution in [3.05, 3.63) is 45.3 Å². The third-order valence-corrected chi connectivity index (χ3v) is 3.33. The van der Waals surface area contributed by atoms with Crippen LogP contribution in [0.2, 0.25) is 5.02 Å². The van der Waals surface area contributed by atoms with Crippen LogP contribution >= 0.6 is 34.2 Å². The molecule has 0 saturated carbocycles. The molecule has 15 heavy (non-hydrogen) atoms. The molecule has 0 atom stereocenters. The smallest absolute Gasteiger partial charge is 0.220 e. The molecular formula is C10H5ClFIN2. The second-order valence-corrected chi connectivity index (χ2v) is 4.27. The highest BCUT2D eigenvalue weighted by Crippen LogP contribution is 2.25. The van der Waals surface area contributed by atoms with E-state index in [9.17, 15) is 4.39 Å². The van der Waals surface area contributed by atoms with Gasteiger partial charge in [-0.3, -0.25) is 0 Å². The van der Waals surface area contributed by atoms with Crippen molar-refractivity contribution in [1.82, 2.24) is 9.97 Å². The molecule has 0 saturated heterocycles. The Morgan fingerprint density at radius 3 is 2.80 bits per heavy atom. The summed E-state index contributed by atoms with van der Waals surface area (Å²) >= 11 is 7.92. The van der Waals surface area contributed by atoms with Crippen LogP contribution in [0.3, 0.4) is 0 Å². The minimum Gasteiger partial charge on any atom is -0.248 e. The van der Waals surface area contributed by atoms with Gasteiger partial charge < -0.3 is 0 Å². The summed E-state index contributed by atoms with van der Waals surface area (Å²) in [5.74, 6) is -0.517. The first-order valence-corrected chi connectivity index (χ1v) is 5.56. The van der Waals surface area contributed by atoms with Gasteiger partial charge in [-0.05, 0) is 40.8 Å². The molecule has 0 aliphatic heterocycles. The second kappa shape index (κ2) is 4.40. The Kier molecular flexibility index (Phi) is 3.16. The first-order chi connectivity index (χ1) is 7.18. The molecule has 76 valence electrons. The standard InChI is InChI=1S/C10H5ClFIN2/c11-8-4-6(5-15-10(8)13)7-2-1-3-14-9(7)12/h1-5H. The quantitative estimate of drug-likeness (QED) is 0.589. The van der Waals surface area contributed by atoms with Gasteiger partial charge in [0.1, 0.15) is 3.70 Å². The monoisotopic (exact) mass is 334 g/mol. The van der Waals surface area contributed by atoms with Crippen molar-refractivity contribution in [2.24, 2.45) is 0 Å². The van der Waals surface area contributed by atoms with Gasteiger partial charge in [-0.15, -0.1) is 0 Å². The van der Waals surface area contributed by atoms with Gasteiger partial charge in [0.05, 0.1) is 5.02 Å². The second-order valence-electron chi connectivity index (χ2n) is 2.84. The van der Waals surface area contributed by atoms with E-state index in [0.29, 0.717) is 19.9 Å². The molecule has 0 amide bonds. The Labute approximate surface area is 105 Å². The van der Waals surface area contributed by atoms with E-state index in [1.807, 2.05) is 22.6 Å². The molecule has 2 heterocycles. The van der Waals surface area contributed by atoms with Crippen LogP contribution in [0.15, 0.2) is 30.6 Å². The Balaban J connectivity index is 2.55. The Morgan fingerprint density at radius 1 is 1.33 bits per heavy atom. The van der Waals surface area contributed by atoms with Gasteiger partial charge in [0.25, 0.3) is 0 Å². The first kappa shape index (κ1) is 10.8. The van der Waals surface area contributed by atoms with E-state index in [0.717, 1.165) is 0 Å². The Morgan fingerprint density at radius 2 is 2.13 bits per heavy atom. The van der Waals surface area contributed by atoms with E-state index in [-0.39, 0.29) is 0 Å². The molecular weight excluding hydrogens is 329 g/mol. The lowest BCUT2D eigenvalue weighted by molar-refractivity contribution is 0.587. The molecule has 0 spiro atoms. The lowest BCUT2D eigenvalue weighted by Crippen LogP contribution is -1.90. The fourth-order valence-corrected chi connectivity index (χ4v) is 1.63. The van der Waals surface area contributed by atoms with E-state index < -0.39 is 5.95 Å². The summed E-state index contributed by atoms with van der Waals surface area (Å²) in [6.45, 7) is 0. The van der Waals surface area contributed by atoms with E-state index in [2.05, 4.69) is 9.97 Å². The van der Waals surface area contributed by atoms with Gasteiger partial charge in [0, 0.05) is 23.5 Å². The summed E-state index contributed by atoms with van der Waals surface area (Å²) in [5.41, 5.74) is 1.04. The van der Waals surface area contributed by atoms with Crippen molar-refractivity contribution in [3.63, 3.8) is 0 Å². The van der Waals surface area contributed by atoms with Gasteiger partial charge in [-0.1, -0.05) is 11.6 Å². The zero-order chi connectivity index (χ0) is 10.8. The Bertz CT molecular complexity index is 505. The molecule has 0 fully saturated rings. The lowest BCUT2D eigenvalue weighted by atomic mass is 10.1. The molecule has 0 unspecified atom stereocenters. The number of aromatic nitrogens is 2. The predicted molar refractivity (Wildman–Crippen MR) is 65.2 cm³/mol. The maximum Gasteiger partial charge on any atom is 0.220 e. The number of pyridine rings is 2. The molecule has 0 bridgehead atoms. The van der Waals surface area contributed by atoms with Gasteiger partial charge >= 0.3 is 0 Å². The molecule has 0 aliphatic rings. The average Bonchev–Trinajstić information content (AvgIpc) is 2.23. The third-order valence-electron chi connectivity index (χ3n) is 1.87. The average molecular weight is 335 g/mol. The van der Waals surface area contributed by atoms with E-state index in [1.165, 1.54) is 6.20 Å². The number of rotatable bonds is 1. The van der Waals surface area contributed by atoms with Crippen molar-refractivity contribution in [3.8, 4) is 11.1 Å². The van der Waals surface area contributed by atoms with Crippen molar-refractivity contribution < 1.29 is 4.39 Å². The minimum absolute atomic E-state index is 0.406. The molecule has 0 radical (unpaired) electrons. The zero-order valence-electron chi connectivity index (χ0n) is 7.42. The summed E-state index contributed by atoms with van der Waals surface area (Å²) in [6.07, 6.45) is 2.98. The summed E-state index contributed by atoms with van der Waals surface area (Å²) < 4.78 is 14.0. The third kappa shape index (κ3) is 2.26. The fourth-order valence-electron chi connectivity index (χ4n) is 1.17. The van der Waals surface area contributed by atoms with Crippen molar-refractivity contribution in [2.45, 2.75) is 0 Å². The molecule has 0 aliphatic carbocycles. The van der Waals surface area contributed by atoms with Crippen molar-refractivity contribution in [2.75, 3.05) is 0 Å². The van der Waals surface area contributed by atoms with Crippen LogP contribution in [0.5, 0.6) is 0 Å². The minimum atomic E-state index is -0.517. The fraction of sp³-hybridized carbons (Fsp3) is 0. The van der Waals surface area contributed by atoms with Crippen LogP contribution in [-0.2, 0) is 0 Å². The van der Waals surface area contributed by atoms with Gasteiger partial charge in [-0.2, -0.15) is 4.39 Å². The number of hydrogen-bond donors (Lipinski definition) is 0. The van der Waals surface area contributed by atoms with Crippen LogP contribution in [-0.4, -0.2) is 9.97 Å². The Hall–Kier alpha value is -0.750. The summed E-state index contributed by atoms with van der Waals surface area (Å²) in [4.78, 5) is 7.62. The van der Waals surface area contributed by atoms with Crippen LogP contribution in [0.1, 0.15) is 0 Å². The molecule has 2 rings (SSSR count). The highest BCUT2D eigenvalue weighted by atomic mass is 127. The molecule has 2 nitrogen and oxygen atoms in total. The van der Waals surface area contributed by atoms with Crippen LogP contribution in [0, 0.1) is 9.65 Å². The summed E-state index contributed by atoms with van der Waals surface area (Å²) in [6, 6.07) is 4.99. The maximum atomic E-state index is 13.3. The number of nitrogens with zero attached hydrogens (tertiary/aromatic N) is 2. The summed E-state index contributed by atoms with van der Waals surface area (Å²) in [7, 11) is 0. The lowest BCUT2D eigenvalue weighted by Gasteiger charge is -2.03. The summed E-state index contributed by atoms with van der Waals surface area (Å²) in [5, 5.41) is 0.511. The van der Waals surface area contributed by atoms with Gasteiger partial charge in [0.2, 0.25) is 5.95 Å². The topological polar surface area (TPSA) is 25.8 Å². The number of hydrogen-bond acceptors (Lipinski definition) is 2. The van der Waals surface area contributed by atoms with E-state index in [4.69, 9.17) is 11.6 Å². The highest BCUT2D eigenvalue weighted by molar-refractivity contribution is 14.1. The maximum absolute atomic E-state index is 13.3. The van der Waals surface area contributed by atoms with Crippen molar-refractivity contribution >= 4 is 34.2 Å². The molecule has 2 aromatic heterocycles. The SMILES string of the molecule is Fc1ncccc1-c1cnc(I)c(Cl)c1. The highest BCUT2D eigenvalue weighted by Gasteiger charge is 2.07. The predicted octanol–water partition coefficient (Wildman–Crippen LogP) is 3.54. The largest absolute Gasteiger partial charge is 0.248 e. The first-order valence-electron chi connectivity index (χ1n) is 4.10. The molecule has 0 N–H and O–H groups in total. The van der Waals surface area contributed by atoms with Gasteiger partial charge in [-0.25, -0.2) is 9.97 Å². The zero-order valence-corrected chi connectivity index (χ0v) is 10.3. The normalized spacial score (nSPS) is 10.3. The molecule has 5 heteroatoms.